The van der Waals surface area contributed by atoms with Gasteiger partial charge in [0.2, 0.25) is 0 Å². The second-order valence-electron chi connectivity index (χ2n) is 2.72. The molecule has 0 amide bonds. The molecule has 66 valence electrons. The summed E-state index contributed by atoms with van der Waals surface area (Å²) in [7, 11) is 0. The molecule has 0 radical (unpaired) electrons. The Morgan fingerprint density at radius 3 is 2.58 bits per heavy atom. The smallest absolute Gasteiger partial charge is 0.0350 e. The molecular formula is C12H18. The van der Waals surface area contributed by atoms with E-state index in [1.54, 1.807) is 0 Å². The van der Waals surface area contributed by atoms with E-state index in [9.17, 15) is 0 Å². The molecule has 0 aliphatic heterocycles. The monoisotopic (exact) mass is 162 g/mol. The third-order valence-electron chi connectivity index (χ3n) is 1.49. The Bertz CT molecular complexity index is 192. The zero-order valence-electron chi connectivity index (χ0n) is 8.09. The fourth-order valence-electron chi connectivity index (χ4n) is 0.681. The molecule has 0 saturated carbocycles. The van der Waals surface area contributed by atoms with Gasteiger partial charge in [-0.05, 0) is 13.3 Å². The van der Waals surface area contributed by atoms with Crippen LogP contribution in [0, 0.1) is 0 Å². The molecule has 0 aromatic rings. The molecule has 0 rings (SSSR count). The Balaban J connectivity index is 3.69. The lowest BCUT2D eigenvalue weighted by molar-refractivity contribution is 0.959. The number of unbranched alkanes of at least 4 members (excludes halogenated alkanes) is 1. The SMILES string of the molecule is C=CC(C)=CC=CC=CCCC. The molecule has 0 saturated heterocycles. The van der Waals surface area contributed by atoms with Crippen LogP contribution < -0.4 is 0 Å². The molecule has 0 aromatic carbocycles. The minimum Gasteiger partial charge on any atom is -0.0988 e. The zero-order chi connectivity index (χ0) is 9.23. The Morgan fingerprint density at radius 1 is 1.25 bits per heavy atom. The van der Waals surface area contributed by atoms with Crippen molar-refractivity contribution in [3.8, 4) is 0 Å². The van der Waals surface area contributed by atoms with Gasteiger partial charge in [0.25, 0.3) is 0 Å². The van der Waals surface area contributed by atoms with E-state index in [2.05, 4.69) is 25.7 Å². The minimum atomic E-state index is 1.16. The van der Waals surface area contributed by atoms with Gasteiger partial charge in [-0.15, -0.1) is 0 Å². The van der Waals surface area contributed by atoms with Crippen molar-refractivity contribution in [2.45, 2.75) is 26.7 Å². The third kappa shape index (κ3) is 7.07. The highest BCUT2D eigenvalue weighted by Gasteiger charge is 1.72. The van der Waals surface area contributed by atoms with Crippen LogP contribution in [-0.4, -0.2) is 0 Å². The first kappa shape index (κ1) is 11.0. The van der Waals surface area contributed by atoms with Crippen molar-refractivity contribution in [2.24, 2.45) is 0 Å². The number of rotatable bonds is 5. The van der Waals surface area contributed by atoms with E-state index in [-0.39, 0.29) is 0 Å². The van der Waals surface area contributed by atoms with E-state index in [0.717, 1.165) is 6.42 Å². The first-order valence-corrected chi connectivity index (χ1v) is 4.43. The molecule has 0 heteroatoms. The van der Waals surface area contributed by atoms with Crippen molar-refractivity contribution in [1.82, 2.24) is 0 Å². The fraction of sp³-hybridized carbons (Fsp3) is 0.333. The maximum Gasteiger partial charge on any atom is -0.0350 e. The van der Waals surface area contributed by atoms with Gasteiger partial charge in [0.15, 0.2) is 0 Å². The van der Waals surface area contributed by atoms with Gasteiger partial charge in [-0.3, -0.25) is 0 Å². The molecule has 12 heavy (non-hydrogen) atoms. The molecule has 0 aliphatic rings. The summed E-state index contributed by atoms with van der Waals surface area (Å²) >= 11 is 0. The lowest BCUT2D eigenvalue weighted by Crippen LogP contribution is -1.62. The van der Waals surface area contributed by atoms with Gasteiger partial charge >= 0.3 is 0 Å². The molecule has 0 heterocycles. The number of hydrogen-bond acceptors (Lipinski definition) is 0. The average molecular weight is 162 g/mol. The van der Waals surface area contributed by atoms with Gasteiger partial charge in [0, 0.05) is 0 Å². The molecule has 0 unspecified atom stereocenters. The summed E-state index contributed by atoms with van der Waals surface area (Å²) in [4.78, 5) is 0. The molecule has 0 atom stereocenters. The number of hydrogen-bond donors (Lipinski definition) is 0. The molecule has 0 N–H and O–H groups in total. The van der Waals surface area contributed by atoms with Crippen molar-refractivity contribution in [3.63, 3.8) is 0 Å². The largest absolute Gasteiger partial charge is 0.0988 e. The Hall–Kier alpha value is -1.04. The highest BCUT2D eigenvalue weighted by Crippen LogP contribution is 1.93. The molecule has 0 aliphatic carbocycles. The summed E-state index contributed by atoms with van der Waals surface area (Å²) < 4.78 is 0. The number of allylic oxidation sites excluding steroid dienone is 7. The van der Waals surface area contributed by atoms with Crippen LogP contribution >= 0.6 is 0 Å². The molecule has 0 nitrogen and oxygen atoms in total. The van der Waals surface area contributed by atoms with Crippen molar-refractivity contribution in [2.75, 3.05) is 0 Å². The zero-order valence-corrected chi connectivity index (χ0v) is 8.09. The van der Waals surface area contributed by atoms with Crippen molar-refractivity contribution >= 4 is 0 Å². The maximum absolute atomic E-state index is 3.67. The Morgan fingerprint density at radius 2 is 2.00 bits per heavy atom. The van der Waals surface area contributed by atoms with E-state index < -0.39 is 0 Å². The summed E-state index contributed by atoms with van der Waals surface area (Å²) in [6, 6.07) is 0. The summed E-state index contributed by atoms with van der Waals surface area (Å²) in [6.07, 6.45) is 14.6. The van der Waals surface area contributed by atoms with Crippen molar-refractivity contribution < 1.29 is 0 Å². The van der Waals surface area contributed by atoms with Crippen LogP contribution in [-0.2, 0) is 0 Å². The predicted octanol–water partition coefficient (Wildman–Crippen LogP) is 4.03. The first-order valence-electron chi connectivity index (χ1n) is 4.43. The van der Waals surface area contributed by atoms with Gasteiger partial charge in [-0.2, -0.15) is 0 Å². The summed E-state index contributed by atoms with van der Waals surface area (Å²) in [5, 5.41) is 0. The second kappa shape index (κ2) is 8.06. The van der Waals surface area contributed by atoms with Gasteiger partial charge in [0.05, 0.1) is 0 Å². The Labute approximate surface area is 76.0 Å². The maximum atomic E-state index is 3.67. The van der Waals surface area contributed by atoms with Crippen LogP contribution in [0.3, 0.4) is 0 Å². The minimum absolute atomic E-state index is 1.16. The molecule has 0 spiro atoms. The van der Waals surface area contributed by atoms with Crippen LogP contribution in [0.15, 0.2) is 48.6 Å². The van der Waals surface area contributed by atoms with Crippen LogP contribution in [0.25, 0.3) is 0 Å². The van der Waals surface area contributed by atoms with Gasteiger partial charge in [-0.1, -0.05) is 62.0 Å². The van der Waals surface area contributed by atoms with Crippen LogP contribution in [0.1, 0.15) is 26.7 Å². The molecule has 0 bridgehead atoms. The molecule has 0 fully saturated rings. The van der Waals surface area contributed by atoms with E-state index in [1.807, 2.05) is 31.2 Å². The fourth-order valence-corrected chi connectivity index (χ4v) is 0.681. The standard InChI is InChI=1S/C12H18/c1-4-6-7-8-9-10-11-12(3)5-2/h5,7-11H,2,4,6H2,1,3H3. The van der Waals surface area contributed by atoms with Crippen molar-refractivity contribution in [3.05, 3.63) is 48.6 Å². The van der Waals surface area contributed by atoms with Gasteiger partial charge < -0.3 is 0 Å². The van der Waals surface area contributed by atoms with E-state index in [4.69, 9.17) is 0 Å². The van der Waals surface area contributed by atoms with Crippen LogP contribution in [0.5, 0.6) is 0 Å². The lowest BCUT2D eigenvalue weighted by atomic mass is 10.2. The van der Waals surface area contributed by atoms with E-state index in [1.165, 1.54) is 12.0 Å². The van der Waals surface area contributed by atoms with E-state index in [0.29, 0.717) is 0 Å². The average Bonchev–Trinajstić information content (AvgIpc) is 2.10. The van der Waals surface area contributed by atoms with E-state index >= 15 is 0 Å². The Kier molecular flexibility index (Phi) is 7.36. The van der Waals surface area contributed by atoms with Gasteiger partial charge in [0.1, 0.15) is 0 Å². The summed E-state index contributed by atoms with van der Waals surface area (Å²) in [5.74, 6) is 0. The quantitative estimate of drug-likeness (QED) is 0.535. The second-order valence-corrected chi connectivity index (χ2v) is 2.72. The predicted molar refractivity (Wildman–Crippen MR) is 57.1 cm³/mol. The van der Waals surface area contributed by atoms with Crippen LogP contribution in [0.2, 0.25) is 0 Å². The van der Waals surface area contributed by atoms with Crippen molar-refractivity contribution in [1.29, 1.82) is 0 Å². The highest BCUT2D eigenvalue weighted by molar-refractivity contribution is 5.21. The normalized spacial score (nSPS) is 13.0. The molecular weight excluding hydrogens is 144 g/mol. The molecule has 0 aromatic heterocycles. The summed E-state index contributed by atoms with van der Waals surface area (Å²) in [5.41, 5.74) is 1.19. The lowest BCUT2D eigenvalue weighted by Gasteiger charge is -1.83. The van der Waals surface area contributed by atoms with Crippen LogP contribution in [0.4, 0.5) is 0 Å². The topological polar surface area (TPSA) is 0 Å². The summed E-state index contributed by atoms with van der Waals surface area (Å²) in [6.45, 7) is 7.88. The third-order valence-corrected chi connectivity index (χ3v) is 1.49. The first-order chi connectivity index (χ1) is 5.81. The van der Waals surface area contributed by atoms with Gasteiger partial charge in [-0.25, -0.2) is 0 Å². The highest BCUT2D eigenvalue weighted by atomic mass is 13.8.